The summed E-state index contributed by atoms with van der Waals surface area (Å²) in [7, 11) is 0. The third-order valence-corrected chi connectivity index (χ3v) is 24.8. The molecular weight excluding hydrogens is 1170 g/mol. The highest BCUT2D eigenvalue weighted by atomic mass is 32.1. The normalized spacial score (nSPS) is 14.7. The summed E-state index contributed by atoms with van der Waals surface area (Å²) >= 11 is 7.84. The second kappa shape index (κ2) is 38.9. The molecule has 492 valence electrons. The van der Waals surface area contributed by atoms with Gasteiger partial charge in [0.05, 0.1) is 22.5 Å². The van der Waals surface area contributed by atoms with Crippen LogP contribution < -0.4 is 9.80 Å². The summed E-state index contributed by atoms with van der Waals surface area (Å²) in [5.74, 6) is 0.859. The van der Waals surface area contributed by atoms with Crippen molar-refractivity contribution in [1.29, 1.82) is 0 Å². The van der Waals surface area contributed by atoms with Gasteiger partial charge in [-0.25, -0.2) is 0 Å². The molecule has 2 aromatic carbocycles. The van der Waals surface area contributed by atoms with Gasteiger partial charge in [0.2, 0.25) is 0 Å². The number of carbonyl (C=O) groups is 2. The standard InChI is InChI=1S/C82H118N2O2S4/c1-9-15-21-27-31-37-43-63(41-35-25-19-13-5)59-83-70-55-61(7)47-49-68(70)77(81(83)85)78-69-50-48-65(57-71(69)84(82(78)86)60-64(42-36-26-20-14-6)44-38-32-28-22-16-10-2)76-58-67(46-40-34-30-24-18-12-4)80(90-76)75-54-52-73(89-75)72-51-53-74(88-72)79-66(56-62(8)87-79)45-39-33-29-23-17-11-3/h47-58,63-64H,9-46,59-60H2,1-8H3/b78-77+. The fourth-order valence-corrected chi connectivity index (χ4v) is 19.0. The van der Waals surface area contributed by atoms with Crippen molar-refractivity contribution in [2.24, 2.45) is 11.8 Å². The lowest BCUT2D eigenvalue weighted by Gasteiger charge is -2.25. The maximum Gasteiger partial charge on any atom is 0.259 e. The van der Waals surface area contributed by atoms with Gasteiger partial charge >= 0.3 is 0 Å². The van der Waals surface area contributed by atoms with E-state index in [1.54, 1.807) is 0 Å². The number of nitrogens with zero attached hydrogens (tertiary/aromatic N) is 2. The van der Waals surface area contributed by atoms with Gasteiger partial charge in [0.15, 0.2) is 0 Å². The highest BCUT2D eigenvalue weighted by Gasteiger charge is 2.43. The first-order valence-electron chi connectivity index (χ1n) is 37.2. The van der Waals surface area contributed by atoms with Gasteiger partial charge in [0.1, 0.15) is 0 Å². The number of thiophene rings is 4. The van der Waals surface area contributed by atoms with Crippen molar-refractivity contribution in [2.75, 3.05) is 22.9 Å². The van der Waals surface area contributed by atoms with Gasteiger partial charge in [-0.15, -0.1) is 45.3 Å². The molecule has 8 heteroatoms. The number of amides is 2. The van der Waals surface area contributed by atoms with Crippen LogP contribution in [0.15, 0.2) is 72.8 Å². The monoisotopic (exact) mass is 1290 g/mol. The van der Waals surface area contributed by atoms with Crippen LogP contribution in [0.1, 0.15) is 305 Å². The minimum absolute atomic E-state index is 0.0188. The number of hydrogen-bond acceptors (Lipinski definition) is 6. The van der Waals surface area contributed by atoms with Gasteiger partial charge in [0.25, 0.3) is 11.8 Å². The van der Waals surface area contributed by atoms with E-state index in [0.29, 0.717) is 36.1 Å². The molecule has 6 aromatic rings. The van der Waals surface area contributed by atoms with Crippen molar-refractivity contribution >= 4 is 79.7 Å². The Bertz CT molecular complexity index is 3120. The minimum atomic E-state index is 0.0188. The van der Waals surface area contributed by atoms with Gasteiger partial charge in [-0.3, -0.25) is 9.59 Å². The van der Waals surface area contributed by atoms with E-state index in [-0.39, 0.29) is 11.8 Å². The Kier molecular flexibility index (Phi) is 31.1. The Balaban J connectivity index is 1.16. The smallest absolute Gasteiger partial charge is 0.259 e. The number of anilines is 2. The molecule has 2 unspecified atom stereocenters. The Morgan fingerprint density at radius 2 is 0.711 bits per heavy atom. The molecule has 0 fully saturated rings. The largest absolute Gasteiger partial charge is 0.307 e. The number of aryl methyl sites for hydroxylation is 4. The predicted octanol–water partition coefficient (Wildman–Crippen LogP) is 27.3. The average Bonchev–Trinajstić information content (AvgIpc) is 1.62. The van der Waals surface area contributed by atoms with Crippen LogP contribution in [0.25, 0.3) is 50.8 Å². The number of unbranched alkanes of at least 4 members (excludes halogenated alkanes) is 26. The summed E-state index contributed by atoms with van der Waals surface area (Å²) < 4.78 is 0. The molecule has 8 rings (SSSR count). The first kappa shape index (κ1) is 71.8. The molecule has 0 bridgehead atoms. The van der Waals surface area contributed by atoms with E-state index in [1.807, 2.05) is 45.3 Å². The highest BCUT2D eigenvalue weighted by molar-refractivity contribution is 7.29. The molecule has 2 amide bonds. The molecule has 0 spiro atoms. The molecule has 2 aliphatic heterocycles. The van der Waals surface area contributed by atoms with Crippen LogP contribution in [-0.2, 0) is 22.4 Å². The lowest BCUT2D eigenvalue weighted by Crippen LogP contribution is -2.34. The van der Waals surface area contributed by atoms with Gasteiger partial charge in [0, 0.05) is 63.2 Å². The first-order chi connectivity index (χ1) is 44.1. The fraction of sp³-hybridized carbons (Fsp3) is 0.610. The number of fused-ring (bicyclic) bond motifs is 2. The summed E-state index contributed by atoms with van der Waals surface area (Å²) in [6, 6.07) is 28.0. The fourth-order valence-electron chi connectivity index (χ4n) is 14.4. The zero-order valence-corrected chi connectivity index (χ0v) is 61.0. The topological polar surface area (TPSA) is 40.6 Å². The van der Waals surface area contributed by atoms with Crippen LogP contribution in [0.5, 0.6) is 0 Å². The number of hydrogen-bond donors (Lipinski definition) is 0. The van der Waals surface area contributed by atoms with Gasteiger partial charge in [-0.1, -0.05) is 258 Å². The summed E-state index contributed by atoms with van der Waals surface area (Å²) in [6.45, 7) is 19.7. The average molecular weight is 1290 g/mol. The zero-order chi connectivity index (χ0) is 63.5. The predicted molar refractivity (Wildman–Crippen MR) is 402 cm³/mol. The molecule has 0 radical (unpaired) electrons. The van der Waals surface area contributed by atoms with Crippen molar-refractivity contribution in [3.8, 4) is 39.7 Å². The molecule has 4 nitrogen and oxygen atoms in total. The van der Waals surface area contributed by atoms with Crippen molar-refractivity contribution in [3.05, 3.63) is 105 Å². The SMILES string of the molecule is CCCCCCCCc1cc(C)sc1-c1ccc(-c2ccc(-c3sc(-c4ccc5c(c4)N(CC(CCCCCC)CCCCCCCC)C(=O)/C5=C4/C(=O)N(CC(CCCCCC)CCCCCCCC)c5cc(C)ccc54)cc3CCCCCCCC)s2)s1. The van der Waals surface area contributed by atoms with Crippen LogP contribution in [0, 0.1) is 25.7 Å². The number of carbonyl (C=O) groups excluding carboxylic acids is 2. The van der Waals surface area contributed by atoms with Crippen LogP contribution >= 0.6 is 45.3 Å². The molecular formula is C82H118N2O2S4. The van der Waals surface area contributed by atoms with E-state index < -0.39 is 0 Å². The third-order valence-electron chi connectivity index (χ3n) is 19.7. The molecule has 0 saturated heterocycles. The lowest BCUT2D eigenvalue weighted by atomic mass is 9.93. The highest BCUT2D eigenvalue weighted by Crippen LogP contribution is 2.51. The summed E-state index contributed by atoms with van der Waals surface area (Å²) in [5.41, 5.74) is 10.4. The summed E-state index contributed by atoms with van der Waals surface area (Å²) in [6.07, 6.45) is 47.5. The van der Waals surface area contributed by atoms with E-state index in [1.165, 1.54) is 268 Å². The molecule has 0 aliphatic carbocycles. The molecule has 90 heavy (non-hydrogen) atoms. The number of rotatable bonds is 46. The van der Waals surface area contributed by atoms with Gasteiger partial charge in [-0.2, -0.15) is 0 Å². The summed E-state index contributed by atoms with van der Waals surface area (Å²) in [4.78, 5) is 47.1. The summed E-state index contributed by atoms with van der Waals surface area (Å²) in [5, 5.41) is 0. The molecule has 2 aliphatic rings. The lowest BCUT2D eigenvalue weighted by molar-refractivity contribution is -0.114. The Hall–Kier alpha value is -4.08. The maximum atomic E-state index is 16.0. The van der Waals surface area contributed by atoms with Crippen LogP contribution in [0.2, 0.25) is 0 Å². The van der Waals surface area contributed by atoms with E-state index in [9.17, 15) is 0 Å². The molecule has 0 N–H and O–H groups in total. The minimum Gasteiger partial charge on any atom is -0.307 e. The second-order valence-electron chi connectivity index (χ2n) is 27.4. The van der Waals surface area contributed by atoms with Crippen molar-refractivity contribution in [1.82, 2.24) is 0 Å². The van der Waals surface area contributed by atoms with E-state index in [2.05, 4.69) is 138 Å². The van der Waals surface area contributed by atoms with E-state index in [4.69, 9.17) is 0 Å². The Morgan fingerprint density at radius 1 is 0.344 bits per heavy atom. The first-order valence-corrected chi connectivity index (χ1v) is 40.4. The second-order valence-corrected chi connectivity index (χ2v) is 31.9. The van der Waals surface area contributed by atoms with Crippen LogP contribution in [0.3, 0.4) is 0 Å². The van der Waals surface area contributed by atoms with Crippen molar-refractivity contribution < 1.29 is 9.59 Å². The maximum absolute atomic E-state index is 16.0. The van der Waals surface area contributed by atoms with Crippen molar-refractivity contribution in [3.63, 3.8) is 0 Å². The third kappa shape index (κ3) is 20.5. The van der Waals surface area contributed by atoms with Crippen LogP contribution in [0.4, 0.5) is 11.4 Å². The molecule has 0 saturated carbocycles. The van der Waals surface area contributed by atoms with E-state index >= 15 is 9.59 Å². The molecule has 6 heterocycles. The van der Waals surface area contributed by atoms with Crippen molar-refractivity contribution in [2.45, 2.75) is 299 Å². The van der Waals surface area contributed by atoms with Crippen LogP contribution in [-0.4, -0.2) is 24.9 Å². The quantitative estimate of drug-likeness (QED) is 0.0282. The number of benzene rings is 2. The van der Waals surface area contributed by atoms with Gasteiger partial charge in [-0.05, 0) is 148 Å². The Morgan fingerprint density at radius 3 is 1.17 bits per heavy atom. The van der Waals surface area contributed by atoms with E-state index in [0.717, 1.165) is 60.2 Å². The Labute approximate surface area is 564 Å². The molecule has 4 aromatic heterocycles. The molecule has 2 atom stereocenters. The zero-order valence-electron chi connectivity index (χ0n) is 57.7. The van der Waals surface area contributed by atoms with Gasteiger partial charge < -0.3 is 9.80 Å².